The van der Waals surface area contributed by atoms with E-state index in [1.165, 1.54) is 0 Å². The van der Waals surface area contributed by atoms with Gasteiger partial charge in [-0.05, 0) is 55.3 Å². The van der Waals surface area contributed by atoms with Gasteiger partial charge in [-0.25, -0.2) is 0 Å². The predicted molar refractivity (Wildman–Crippen MR) is 108 cm³/mol. The van der Waals surface area contributed by atoms with Crippen LogP contribution in [0.15, 0.2) is 42.5 Å². The number of carbonyl (C=O) groups excluding carboxylic acids is 2. The topological polar surface area (TPSA) is 67.4 Å². The largest absolute Gasteiger partial charge is 0.497 e. The first-order chi connectivity index (χ1) is 12.9. The molecule has 0 radical (unpaired) electrons. The lowest BCUT2D eigenvalue weighted by Crippen LogP contribution is -2.29. The van der Waals surface area contributed by atoms with Gasteiger partial charge < -0.3 is 15.4 Å². The van der Waals surface area contributed by atoms with E-state index in [9.17, 15) is 9.59 Å². The highest BCUT2D eigenvalue weighted by Gasteiger charge is 2.11. The van der Waals surface area contributed by atoms with E-state index in [1.807, 2.05) is 13.0 Å². The van der Waals surface area contributed by atoms with E-state index < -0.39 is 0 Å². The van der Waals surface area contributed by atoms with E-state index in [0.29, 0.717) is 40.7 Å². The van der Waals surface area contributed by atoms with Gasteiger partial charge in [-0.2, -0.15) is 0 Å². The third-order valence-corrected chi connectivity index (χ3v) is 4.78. The van der Waals surface area contributed by atoms with Crippen LogP contribution in [0.4, 0.5) is 0 Å². The molecule has 2 aromatic rings. The van der Waals surface area contributed by atoms with Gasteiger partial charge in [-0.1, -0.05) is 29.3 Å². The summed E-state index contributed by atoms with van der Waals surface area (Å²) >= 11 is 11.9. The predicted octanol–water partition coefficient (Wildman–Crippen LogP) is 4.39. The summed E-state index contributed by atoms with van der Waals surface area (Å²) in [5.41, 5.74) is 1.43. The Bertz CT molecular complexity index is 794. The molecule has 0 fully saturated rings. The highest BCUT2D eigenvalue weighted by Crippen LogP contribution is 2.25. The van der Waals surface area contributed by atoms with Crippen LogP contribution in [0.2, 0.25) is 10.0 Å². The van der Waals surface area contributed by atoms with Crippen LogP contribution in [0.1, 0.15) is 41.7 Å². The molecule has 0 bridgehead atoms. The van der Waals surface area contributed by atoms with Gasteiger partial charge in [0.2, 0.25) is 5.91 Å². The number of rotatable bonds is 8. The first-order valence-electron chi connectivity index (χ1n) is 8.57. The molecule has 0 heterocycles. The molecule has 0 saturated heterocycles. The van der Waals surface area contributed by atoms with Crippen LogP contribution >= 0.6 is 23.2 Å². The lowest BCUT2D eigenvalue weighted by Gasteiger charge is -2.15. The number of ether oxygens (including phenoxy) is 1. The Kier molecular flexibility index (Phi) is 7.95. The number of benzene rings is 2. The Morgan fingerprint density at radius 3 is 2.41 bits per heavy atom. The summed E-state index contributed by atoms with van der Waals surface area (Å²) in [5, 5.41) is 6.64. The number of hydrogen-bond acceptors (Lipinski definition) is 3. The van der Waals surface area contributed by atoms with Crippen LogP contribution < -0.4 is 15.4 Å². The molecule has 2 aromatic carbocycles. The minimum Gasteiger partial charge on any atom is -0.497 e. The molecule has 7 heteroatoms. The molecule has 2 amide bonds. The molecule has 1 unspecified atom stereocenters. The Morgan fingerprint density at radius 2 is 1.78 bits per heavy atom. The van der Waals surface area contributed by atoms with Crippen molar-refractivity contribution in [2.24, 2.45) is 0 Å². The first-order valence-corrected chi connectivity index (χ1v) is 9.33. The number of methoxy groups -OCH3 is 1. The van der Waals surface area contributed by atoms with E-state index in [-0.39, 0.29) is 17.9 Å². The molecule has 0 aliphatic carbocycles. The fraction of sp³-hybridized carbons (Fsp3) is 0.300. The van der Waals surface area contributed by atoms with Crippen molar-refractivity contribution in [3.63, 3.8) is 0 Å². The molecular formula is C20H22Cl2N2O3. The highest BCUT2D eigenvalue weighted by molar-refractivity contribution is 6.42. The summed E-state index contributed by atoms with van der Waals surface area (Å²) in [7, 11) is 1.57. The van der Waals surface area contributed by atoms with Gasteiger partial charge in [0.05, 0.1) is 23.2 Å². The molecule has 5 nitrogen and oxygen atoms in total. The third kappa shape index (κ3) is 6.45. The second-order valence-corrected chi connectivity index (χ2v) is 6.87. The van der Waals surface area contributed by atoms with Gasteiger partial charge in [-0.3, -0.25) is 9.59 Å². The van der Waals surface area contributed by atoms with Crippen LogP contribution in [0, 0.1) is 0 Å². The van der Waals surface area contributed by atoms with Gasteiger partial charge in [-0.15, -0.1) is 0 Å². The van der Waals surface area contributed by atoms with Crippen molar-refractivity contribution >= 4 is 35.0 Å². The Balaban J connectivity index is 1.72. The summed E-state index contributed by atoms with van der Waals surface area (Å²) in [6, 6.07) is 11.9. The second kappa shape index (κ2) is 10.2. The normalized spacial score (nSPS) is 11.6. The molecule has 144 valence electrons. The lowest BCUT2D eigenvalue weighted by atomic mass is 10.1. The molecule has 0 aliphatic heterocycles. The van der Waals surface area contributed by atoms with E-state index in [4.69, 9.17) is 27.9 Å². The minimum atomic E-state index is -0.179. The maximum Gasteiger partial charge on any atom is 0.251 e. The van der Waals surface area contributed by atoms with Crippen LogP contribution in [-0.2, 0) is 4.79 Å². The molecule has 0 saturated carbocycles. The second-order valence-electron chi connectivity index (χ2n) is 6.05. The SMILES string of the molecule is COc1ccc(C(=O)NCCCC(=O)NC(C)c2ccc(Cl)c(Cl)c2)cc1. The fourth-order valence-corrected chi connectivity index (χ4v) is 2.78. The molecule has 0 spiro atoms. The Labute approximate surface area is 169 Å². The fourth-order valence-electron chi connectivity index (χ4n) is 2.47. The van der Waals surface area contributed by atoms with Crippen LogP contribution in [0.25, 0.3) is 0 Å². The summed E-state index contributed by atoms with van der Waals surface area (Å²) in [4.78, 5) is 24.1. The van der Waals surface area contributed by atoms with Crippen molar-refractivity contribution in [1.82, 2.24) is 10.6 Å². The summed E-state index contributed by atoms with van der Waals surface area (Å²) < 4.78 is 5.06. The average Bonchev–Trinajstić information content (AvgIpc) is 2.67. The lowest BCUT2D eigenvalue weighted by molar-refractivity contribution is -0.121. The quantitative estimate of drug-likeness (QED) is 0.636. The molecule has 2 N–H and O–H groups in total. The van der Waals surface area contributed by atoms with Crippen molar-refractivity contribution in [1.29, 1.82) is 0 Å². The van der Waals surface area contributed by atoms with E-state index in [0.717, 1.165) is 5.56 Å². The van der Waals surface area contributed by atoms with Gasteiger partial charge in [0.1, 0.15) is 5.75 Å². The molecular weight excluding hydrogens is 387 g/mol. The van der Waals surface area contributed by atoms with Gasteiger partial charge >= 0.3 is 0 Å². The first kappa shape index (κ1) is 21.1. The van der Waals surface area contributed by atoms with Crippen LogP contribution in [0.3, 0.4) is 0 Å². The van der Waals surface area contributed by atoms with Crippen molar-refractivity contribution in [3.8, 4) is 5.75 Å². The van der Waals surface area contributed by atoms with E-state index >= 15 is 0 Å². The molecule has 2 rings (SSSR count). The monoisotopic (exact) mass is 408 g/mol. The van der Waals surface area contributed by atoms with Crippen molar-refractivity contribution in [3.05, 3.63) is 63.6 Å². The molecule has 0 aliphatic rings. The summed E-state index contributed by atoms with van der Waals surface area (Å²) in [6.07, 6.45) is 0.858. The van der Waals surface area contributed by atoms with Crippen LogP contribution in [0.5, 0.6) is 5.75 Å². The standard InChI is InChI=1S/C20H22Cl2N2O3/c1-13(15-7-10-17(21)18(22)12-15)24-19(25)4-3-11-23-20(26)14-5-8-16(27-2)9-6-14/h5-10,12-13H,3-4,11H2,1-2H3,(H,23,26)(H,24,25). The van der Waals surface area contributed by atoms with Crippen molar-refractivity contribution in [2.45, 2.75) is 25.8 Å². The van der Waals surface area contributed by atoms with Gasteiger partial charge in [0.25, 0.3) is 5.91 Å². The summed E-state index contributed by atoms with van der Waals surface area (Å²) in [6.45, 7) is 2.29. The number of hydrogen-bond donors (Lipinski definition) is 2. The van der Waals surface area contributed by atoms with Crippen molar-refractivity contribution < 1.29 is 14.3 Å². The zero-order valence-corrected chi connectivity index (χ0v) is 16.7. The van der Waals surface area contributed by atoms with Gasteiger partial charge in [0.15, 0.2) is 0 Å². The molecule has 27 heavy (non-hydrogen) atoms. The number of amides is 2. The van der Waals surface area contributed by atoms with Crippen molar-refractivity contribution in [2.75, 3.05) is 13.7 Å². The number of carbonyl (C=O) groups is 2. The number of nitrogens with one attached hydrogen (secondary N) is 2. The maximum absolute atomic E-state index is 12.1. The van der Waals surface area contributed by atoms with E-state index in [2.05, 4.69) is 10.6 Å². The Hall–Kier alpha value is -2.24. The number of halogens is 2. The zero-order chi connectivity index (χ0) is 19.8. The van der Waals surface area contributed by atoms with Crippen LogP contribution in [-0.4, -0.2) is 25.5 Å². The average molecular weight is 409 g/mol. The molecule has 1 atom stereocenters. The van der Waals surface area contributed by atoms with E-state index in [1.54, 1.807) is 43.5 Å². The zero-order valence-electron chi connectivity index (χ0n) is 15.2. The van der Waals surface area contributed by atoms with Gasteiger partial charge in [0, 0.05) is 18.5 Å². The molecule has 0 aromatic heterocycles. The minimum absolute atomic E-state index is 0.0905. The summed E-state index contributed by atoms with van der Waals surface area (Å²) in [5.74, 6) is 0.425. The third-order valence-electron chi connectivity index (χ3n) is 4.04. The highest BCUT2D eigenvalue weighted by atomic mass is 35.5. The smallest absolute Gasteiger partial charge is 0.251 e. The Morgan fingerprint density at radius 1 is 1.07 bits per heavy atom. The maximum atomic E-state index is 12.1.